The summed E-state index contributed by atoms with van der Waals surface area (Å²) in [5, 5.41) is 6.71. The third-order valence-electron chi connectivity index (χ3n) is 5.10. The lowest BCUT2D eigenvalue weighted by Crippen LogP contribution is -2.33. The molecule has 0 spiro atoms. The van der Waals surface area contributed by atoms with E-state index in [1.54, 1.807) is 24.3 Å². The van der Waals surface area contributed by atoms with E-state index in [0.717, 1.165) is 22.9 Å². The third-order valence-corrected chi connectivity index (χ3v) is 5.93. The van der Waals surface area contributed by atoms with E-state index in [9.17, 15) is 9.59 Å². The van der Waals surface area contributed by atoms with Gasteiger partial charge in [0.05, 0.1) is 16.0 Å². The average molecular weight is 430 g/mol. The molecule has 156 valence electrons. The molecular weight excluding hydrogens is 406 g/mol. The molecule has 1 aromatic heterocycles. The van der Waals surface area contributed by atoms with E-state index in [1.165, 1.54) is 17.1 Å². The second kappa shape index (κ2) is 9.53. The van der Waals surface area contributed by atoms with Crippen molar-refractivity contribution in [3.8, 4) is 0 Å². The highest BCUT2D eigenvalue weighted by molar-refractivity contribution is 7.13. The number of anilines is 1. The second-order valence-corrected chi connectivity index (χ2v) is 8.23. The van der Waals surface area contributed by atoms with E-state index in [2.05, 4.69) is 27.1 Å². The number of para-hydroxylation sites is 1. The van der Waals surface area contributed by atoms with Crippen LogP contribution < -0.4 is 10.6 Å². The minimum atomic E-state index is -0.324. The standard InChI is InChI=1S/C25H23N3O2S/c1-17(15-16-18-9-3-2-4-10-18)26-24(29)19-11-5-7-13-21(19)27-25(30)23-20-12-6-8-14-22(20)31-28-23/h2-14,17H,15-16H2,1H3,(H,26,29)(H,27,30). The van der Waals surface area contributed by atoms with Gasteiger partial charge in [-0.2, -0.15) is 4.37 Å². The lowest BCUT2D eigenvalue weighted by Gasteiger charge is -2.16. The maximum absolute atomic E-state index is 12.9. The van der Waals surface area contributed by atoms with Gasteiger partial charge in [-0.25, -0.2) is 0 Å². The maximum Gasteiger partial charge on any atom is 0.276 e. The van der Waals surface area contributed by atoms with Crippen molar-refractivity contribution in [1.82, 2.24) is 9.69 Å². The lowest BCUT2D eigenvalue weighted by atomic mass is 10.1. The average Bonchev–Trinajstić information content (AvgIpc) is 3.23. The van der Waals surface area contributed by atoms with Gasteiger partial charge in [0.1, 0.15) is 5.69 Å². The molecule has 1 unspecified atom stereocenters. The number of fused-ring (bicyclic) bond motifs is 1. The van der Waals surface area contributed by atoms with Gasteiger partial charge in [-0.1, -0.05) is 60.7 Å². The van der Waals surface area contributed by atoms with Gasteiger partial charge in [0.25, 0.3) is 11.8 Å². The molecule has 3 aromatic carbocycles. The number of nitrogens with one attached hydrogen (secondary N) is 2. The van der Waals surface area contributed by atoms with Crippen molar-refractivity contribution in [2.24, 2.45) is 0 Å². The number of carbonyl (C=O) groups excluding carboxylic acids is 2. The van der Waals surface area contributed by atoms with Gasteiger partial charge in [0.2, 0.25) is 0 Å². The van der Waals surface area contributed by atoms with Crippen molar-refractivity contribution < 1.29 is 9.59 Å². The van der Waals surface area contributed by atoms with Gasteiger partial charge in [-0.05, 0) is 55.1 Å². The normalized spacial score (nSPS) is 11.8. The summed E-state index contributed by atoms with van der Waals surface area (Å²) < 4.78 is 5.25. The summed E-state index contributed by atoms with van der Waals surface area (Å²) in [7, 11) is 0. The number of rotatable bonds is 7. The zero-order valence-corrected chi connectivity index (χ0v) is 18.0. The smallest absolute Gasteiger partial charge is 0.276 e. The molecule has 0 fully saturated rings. The van der Waals surface area contributed by atoms with Crippen LogP contribution in [-0.4, -0.2) is 22.2 Å². The monoisotopic (exact) mass is 429 g/mol. The number of hydrogen-bond acceptors (Lipinski definition) is 4. The number of aryl methyl sites for hydroxylation is 1. The van der Waals surface area contributed by atoms with Crippen molar-refractivity contribution >= 4 is 39.1 Å². The highest BCUT2D eigenvalue weighted by Gasteiger charge is 2.18. The first-order chi connectivity index (χ1) is 15.1. The zero-order valence-electron chi connectivity index (χ0n) is 17.2. The Morgan fingerprint density at radius 1 is 0.903 bits per heavy atom. The predicted molar refractivity (Wildman–Crippen MR) is 126 cm³/mol. The molecule has 31 heavy (non-hydrogen) atoms. The van der Waals surface area contributed by atoms with Crippen molar-refractivity contribution in [2.45, 2.75) is 25.8 Å². The lowest BCUT2D eigenvalue weighted by molar-refractivity contribution is 0.0939. The van der Waals surface area contributed by atoms with Gasteiger partial charge < -0.3 is 10.6 Å². The van der Waals surface area contributed by atoms with E-state index in [0.29, 0.717) is 16.9 Å². The number of nitrogens with zero attached hydrogens (tertiary/aromatic N) is 1. The highest BCUT2D eigenvalue weighted by Crippen LogP contribution is 2.24. The summed E-state index contributed by atoms with van der Waals surface area (Å²) in [6.07, 6.45) is 1.71. The number of amides is 2. The fourth-order valence-electron chi connectivity index (χ4n) is 3.42. The van der Waals surface area contributed by atoms with Crippen molar-refractivity contribution in [2.75, 3.05) is 5.32 Å². The maximum atomic E-state index is 12.9. The van der Waals surface area contributed by atoms with Gasteiger partial charge >= 0.3 is 0 Å². The third kappa shape index (κ3) is 4.98. The predicted octanol–water partition coefficient (Wildman–Crippen LogP) is 5.30. The minimum absolute atomic E-state index is 0.000974. The Bertz CT molecular complexity index is 1200. The molecule has 0 saturated heterocycles. The summed E-state index contributed by atoms with van der Waals surface area (Å²) in [6.45, 7) is 1.99. The molecule has 4 aromatic rings. The number of aromatic nitrogens is 1. The Labute approximate surface area is 185 Å². The van der Waals surface area contributed by atoms with E-state index >= 15 is 0 Å². The number of hydrogen-bond donors (Lipinski definition) is 2. The van der Waals surface area contributed by atoms with Crippen LogP contribution in [-0.2, 0) is 6.42 Å². The van der Waals surface area contributed by atoms with Crippen LogP contribution in [0.25, 0.3) is 10.1 Å². The molecular formula is C25H23N3O2S. The van der Waals surface area contributed by atoms with Crippen LogP contribution in [0.2, 0.25) is 0 Å². The first kappa shape index (κ1) is 20.8. The van der Waals surface area contributed by atoms with E-state index in [-0.39, 0.29) is 17.9 Å². The van der Waals surface area contributed by atoms with Crippen LogP contribution >= 0.6 is 11.5 Å². The molecule has 1 atom stereocenters. The molecule has 0 radical (unpaired) electrons. The molecule has 1 heterocycles. The van der Waals surface area contributed by atoms with E-state index < -0.39 is 0 Å². The molecule has 4 rings (SSSR count). The zero-order chi connectivity index (χ0) is 21.6. The van der Waals surface area contributed by atoms with Crippen molar-refractivity contribution in [3.63, 3.8) is 0 Å². The van der Waals surface area contributed by atoms with Crippen LogP contribution in [0.15, 0.2) is 78.9 Å². The summed E-state index contributed by atoms with van der Waals surface area (Å²) in [4.78, 5) is 25.7. The SMILES string of the molecule is CC(CCc1ccccc1)NC(=O)c1ccccc1NC(=O)c1nsc2ccccc12. The van der Waals surface area contributed by atoms with Gasteiger partial charge in [0, 0.05) is 11.4 Å². The molecule has 0 aliphatic rings. The largest absolute Gasteiger partial charge is 0.350 e. The minimum Gasteiger partial charge on any atom is -0.350 e. The fraction of sp³-hybridized carbons (Fsp3) is 0.160. The Morgan fingerprint density at radius 3 is 2.45 bits per heavy atom. The number of carbonyl (C=O) groups is 2. The summed E-state index contributed by atoms with van der Waals surface area (Å²) in [6, 6.07) is 24.8. The Kier molecular flexibility index (Phi) is 6.38. The van der Waals surface area contributed by atoms with E-state index in [4.69, 9.17) is 0 Å². The topological polar surface area (TPSA) is 71.1 Å². The molecule has 2 N–H and O–H groups in total. The van der Waals surface area contributed by atoms with Crippen molar-refractivity contribution in [1.29, 1.82) is 0 Å². The van der Waals surface area contributed by atoms with Crippen LogP contribution in [0.5, 0.6) is 0 Å². The molecule has 5 nitrogen and oxygen atoms in total. The van der Waals surface area contributed by atoms with Gasteiger partial charge in [-0.15, -0.1) is 0 Å². The quantitative estimate of drug-likeness (QED) is 0.419. The molecule has 0 aliphatic heterocycles. The summed E-state index contributed by atoms with van der Waals surface area (Å²) in [5.41, 5.74) is 2.51. The van der Waals surface area contributed by atoms with Crippen LogP contribution in [0, 0.1) is 0 Å². The van der Waals surface area contributed by atoms with Crippen LogP contribution in [0.4, 0.5) is 5.69 Å². The first-order valence-corrected chi connectivity index (χ1v) is 11.0. The number of benzene rings is 3. The molecule has 2 amide bonds. The van der Waals surface area contributed by atoms with Crippen molar-refractivity contribution in [3.05, 3.63) is 95.7 Å². The Morgan fingerprint density at radius 2 is 1.61 bits per heavy atom. The van der Waals surface area contributed by atoms with E-state index in [1.807, 2.05) is 49.4 Å². The Hall–Kier alpha value is -3.51. The second-order valence-electron chi connectivity index (χ2n) is 7.43. The summed E-state index contributed by atoms with van der Waals surface area (Å²) >= 11 is 1.29. The van der Waals surface area contributed by atoms with Crippen LogP contribution in [0.1, 0.15) is 39.8 Å². The fourth-order valence-corrected chi connectivity index (χ4v) is 4.20. The van der Waals surface area contributed by atoms with Gasteiger partial charge in [0.15, 0.2) is 0 Å². The Balaban J connectivity index is 1.44. The molecule has 6 heteroatoms. The van der Waals surface area contributed by atoms with Crippen LogP contribution in [0.3, 0.4) is 0 Å². The molecule has 0 aliphatic carbocycles. The molecule has 0 bridgehead atoms. The highest BCUT2D eigenvalue weighted by atomic mass is 32.1. The first-order valence-electron chi connectivity index (χ1n) is 10.2. The molecule has 0 saturated carbocycles. The summed E-state index contributed by atoms with van der Waals surface area (Å²) in [5.74, 6) is -0.533. The van der Waals surface area contributed by atoms with Gasteiger partial charge in [-0.3, -0.25) is 9.59 Å².